The van der Waals surface area contributed by atoms with E-state index in [1.807, 2.05) is 0 Å². The number of nitrogens with one attached hydrogen (secondary N) is 1. The highest BCUT2D eigenvalue weighted by molar-refractivity contribution is 5.24. The van der Waals surface area contributed by atoms with Gasteiger partial charge in [0.1, 0.15) is 0 Å². The molecule has 0 aromatic heterocycles. The molecule has 0 aliphatic heterocycles. The third-order valence-electron chi connectivity index (χ3n) is 4.46. The van der Waals surface area contributed by atoms with Crippen LogP contribution >= 0.6 is 0 Å². The highest BCUT2D eigenvalue weighted by atomic mass is 14.9. The quantitative estimate of drug-likeness (QED) is 0.798. The first-order valence-electron chi connectivity index (χ1n) is 7.53. The summed E-state index contributed by atoms with van der Waals surface area (Å²) in [6, 6.07) is 10.2. The minimum atomic E-state index is 0.515. The Morgan fingerprint density at radius 3 is 2.33 bits per heavy atom. The summed E-state index contributed by atoms with van der Waals surface area (Å²) >= 11 is 0. The molecule has 1 aliphatic carbocycles. The topological polar surface area (TPSA) is 12.0 Å². The number of hydrogen-bond acceptors (Lipinski definition) is 1. The summed E-state index contributed by atoms with van der Waals surface area (Å²) < 4.78 is 0. The van der Waals surface area contributed by atoms with E-state index in [9.17, 15) is 0 Å². The Hall–Kier alpha value is -0.820. The van der Waals surface area contributed by atoms with Crippen molar-refractivity contribution in [3.05, 3.63) is 35.4 Å². The third kappa shape index (κ3) is 3.35. The van der Waals surface area contributed by atoms with Crippen LogP contribution in [0.15, 0.2) is 24.3 Å². The van der Waals surface area contributed by atoms with Crippen LogP contribution in [0.2, 0.25) is 0 Å². The summed E-state index contributed by atoms with van der Waals surface area (Å²) in [6.07, 6.45) is 6.85. The fourth-order valence-electron chi connectivity index (χ4n) is 3.16. The lowest BCUT2D eigenvalue weighted by Crippen LogP contribution is -2.35. The second-order valence-electron chi connectivity index (χ2n) is 5.87. The van der Waals surface area contributed by atoms with Gasteiger partial charge in [-0.25, -0.2) is 0 Å². The molecule has 2 atom stereocenters. The molecule has 1 aliphatic rings. The molecule has 0 saturated heterocycles. The second-order valence-corrected chi connectivity index (χ2v) is 5.87. The molecule has 1 saturated carbocycles. The lowest BCUT2D eigenvalue weighted by atomic mass is 9.96. The summed E-state index contributed by atoms with van der Waals surface area (Å²) in [4.78, 5) is 0. The normalized spacial score (nSPS) is 19.9. The van der Waals surface area contributed by atoms with Crippen LogP contribution in [-0.2, 0) is 0 Å². The van der Waals surface area contributed by atoms with Gasteiger partial charge in [0.15, 0.2) is 0 Å². The maximum Gasteiger partial charge on any atom is 0.0320 e. The molecule has 100 valence electrons. The van der Waals surface area contributed by atoms with Crippen molar-refractivity contribution in [2.75, 3.05) is 0 Å². The van der Waals surface area contributed by atoms with Crippen LogP contribution in [0.25, 0.3) is 0 Å². The van der Waals surface area contributed by atoms with E-state index in [1.54, 1.807) is 0 Å². The smallest absolute Gasteiger partial charge is 0.0320 e. The number of benzene rings is 1. The van der Waals surface area contributed by atoms with Crippen LogP contribution in [0, 0.1) is 12.8 Å². The number of rotatable bonds is 5. The summed E-state index contributed by atoms with van der Waals surface area (Å²) in [6.45, 7) is 6.80. The molecular formula is C17H27N. The van der Waals surface area contributed by atoms with Gasteiger partial charge in [0.05, 0.1) is 0 Å². The molecule has 0 spiro atoms. The monoisotopic (exact) mass is 245 g/mol. The predicted octanol–water partition coefficient (Wildman–Crippen LogP) is 4.61. The Labute approximate surface area is 112 Å². The van der Waals surface area contributed by atoms with Crippen LogP contribution < -0.4 is 5.32 Å². The molecule has 1 aromatic carbocycles. The molecule has 0 amide bonds. The molecular weight excluding hydrogens is 218 g/mol. The Morgan fingerprint density at radius 1 is 1.17 bits per heavy atom. The highest BCUT2D eigenvalue weighted by Crippen LogP contribution is 2.29. The Kier molecular flexibility index (Phi) is 4.82. The Morgan fingerprint density at radius 2 is 1.78 bits per heavy atom. The van der Waals surface area contributed by atoms with Crippen molar-refractivity contribution in [2.24, 2.45) is 5.92 Å². The van der Waals surface area contributed by atoms with Gasteiger partial charge < -0.3 is 5.32 Å². The zero-order chi connectivity index (χ0) is 13.0. The van der Waals surface area contributed by atoms with E-state index in [0.29, 0.717) is 12.1 Å². The summed E-state index contributed by atoms with van der Waals surface area (Å²) in [7, 11) is 0. The number of aryl methyl sites for hydroxylation is 1. The van der Waals surface area contributed by atoms with E-state index in [2.05, 4.69) is 50.4 Å². The summed E-state index contributed by atoms with van der Waals surface area (Å²) in [5.41, 5.74) is 2.78. The van der Waals surface area contributed by atoms with E-state index in [1.165, 1.54) is 43.2 Å². The van der Waals surface area contributed by atoms with Gasteiger partial charge in [0, 0.05) is 12.1 Å². The van der Waals surface area contributed by atoms with Crippen molar-refractivity contribution in [3.8, 4) is 0 Å². The van der Waals surface area contributed by atoms with Crippen LogP contribution in [0.3, 0.4) is 0 Å². The first-order chi connectivity index (χ1) is 8.70. The molecule has 1 unspecified atom stereocenters. The predicted molar refractivity (Wildman–Crippen MR) is 78.8 cm³/mol. The minimum absolute atomic E-state index is 0.515. The zero-order valence-electron chi connectivity index (χ0n) is 12.1. The molecule has 0 heterocycles. The van der Waals surface area contributed by atoms with Crippen LogP contribution in [0.4, 0.5) is 0 Å². The molecule has 1 nitrogen and oxygen atoms in total. The van der Waals surface area contributed by atoms with E-state index in [-0.39, 0.29) is 0 Å². The van der Waals surface area contributed by atoms with Gasteiger partial charge in [-0.3, -0.25) is 0 Å². The molecule has 1 N–H and O–H groups in total. The fraction of sp³-hybridized carbons (Fsp3) is 0.647. The first-order valence-corrected chi connectivity index (χ1v) is 7.53. The van der Waals surface area contributed by atoms with Gasteiger partial charge in [-0.2, -0.15) is 0 Å². The van der Waals surface area contributed by atoms with Gasteiger partial charge in [0.2, 0.25) is 0 Å². The van der Waals surface area contributed by atoms with Gasteiger partial charge in [-0.15, -0.1) is 0 Å². The average Bonchev–Trinajstić information content (AvgIpc) is 2.91. The van der Waals surface area contributed by atoms with Crippen LogP contribution in [0.1, 0.15) is 63.1 Å². The van der Waals surface area contributed by atoms with E-state index in [4.69, 9.17) is 0 Å². The van der Waals surface area contributed by atoms with Crippen molar-refractivity contribution in [1.82, 2.24) is 5.32 Å². The minimum Gasteiger partial charge on any atom is -0.307 e. The lowest BCUT2D eigenvalue weighted by Gasteiger charge is -2.27. The largest absolute Gasteiger partial charge is 0.307 e. The van der Waals surface area contributed by atoms with Crippen molar-refractivity contribution in [2.45, 2.75) is 65.0 Å². The maximum absolute atomic E-state index is 3.84. The van der Waals surface area contributed by atoms with Gasteiger partial charge >= 0.3 is 0 Å². The Balaban J connectivity index is 1.97. The van der Waals surface area contributed by atoms with Crippen LogP contribution in [0.5, 0.6) is 0 Å². The zero-order valence-corrected chi connectivity index (χ0v) is 12.1. The van der Waals surface area contributed by atoms with E-state index >= 15 is 0 Å². The molecule has 0 bridgehead atoms. The summed E-state index contributed by atoms with van der Waals surface area (Å²) in [5.74, 6) is 0.893. The molecule has 1 fully saturated rings. The molecule has 0 radical (unpaired) electrons. The number of hydrogen-bond donors (Lipinski definition) is 1. The van der Waals surface area contributed by atoms with Crippen molar-refractivity contribution in [3.63, 3.8) is 0 Å². The Bertz CT molecular complexity index is 348. The first kappa shape index (κ1) is 13.6. The average molecular weight is 245 g/mol. The SMILES string of the molecule is CCC(N[C@H](C)C1CCCC1)c1ccc(C)cc1. The van der Waals surface area contributed by atoms with Gasteiger partial charge in [-0.05, 0) is 44.6 Å². The molecule has 18 heavy (non-hydrogen) atoms. The van der Waals surface area contributed by atoms with Gasteiger partial charge in [0.25, 0.3) is 0 Å². The van der Waals surface area contributed by atoms with Crippen molar-refractivity contribution >= 4 is 0 Å². The van der Waals surface area contributed by atoms with E-state index in [0.717, 1.165) is 5.92 Å². The van der Waals surface area contributed by atoms with Crippen LogP contribution in [-0.4, -0.2) is 6.04 Å². The standard InChI is InChI=1S/C17H27N/c1-4-17(16-11-9-13(2)10-12-16)18-14(3)15-7-5-6-8-15/h9-12,14-15,17-18H,4-8H2,1-3H3/t14-,17?/m1/s1. The summed E-state index contributed by atoms with van der Waals surface area (Å²) in [5, 5.41) is 3.84. The van der Waals surface area contributed by atoms with E-state index < -0.39 is 0 Å². The highest BCUT2D eigenvalue weighted by Gasteiger charge is 2.23. The fourth-order valence-corrected chi connectivity index (χ4v) is 3.16. The van der Waals surface area contributed by atoms with Crippen molar-refractivity contribution < 1.29 is 0 Å². The molecule has 1 aromatic rings. The lowest BCUT2D eigenvalue weighted by molar-refractivity contribution is 0.339. The maximum atomic E-state index is 3.84. The molecule has 2 rings (SSSR count). The second kappa shape index (κ2) is 6.38. The molecule has 1 heteroatoms. The van der Waals surface area contributed by atoms with Gasteiger partial charge in [-0.1, -0.05) is 49.6 Å². The third-order valence-corrected chi connectivity index (χ3v) is 4.46. The van der Waals surface area contributed by atoms with Crippen molar-refractivity contribution in [1.29, 1.82) is 0 Å².